The van der Waals surface area contributed by atoms with Crippen LogP contribution in [0.2, 0.25) is 0 Å². The number of fused-ring (bicyclic) bond motifs is 2. The number of amides is 5. The molecular formula is C34H34N6O5S. The molecule has 4 aromatic rings. The predicted octanol–water partition coefficient (Wildman–Crippen LogP) is 3.91. The Morgan fingerprint density at radius 3 is 2.57 bits per heavy atom. The SMILES string of the molecule is C=CCN1CC(=O)N2[C@@H](Cc3ccc(O)cc3)C(=O)N(Cc3csc4ccc(NC=O)cc34)C[C@@H]2N1C(=O)NCc1ccccc1. The highest BCUT2D eigenvalue weighted by Crippen LogP contribution is 2.33. The number of rotatable bonds is 10. The monoisotopic (exact) mass is 638 g/mol. The molecule has 236 valence electrons. The van der Waals surface area contributed by atoms with Gasteiger partial charge in [0, 0.05) is 36.4 Å². The Labute approximate surface area is 270 Å². The van der Waals surface area contributed by atoms with Crippen LogP contribution in [0.4, 0.5) is 10.5 Å². The maximum absolute atomic E-state index is 14.3. The number of carbonyl (C=O) groups excluding carboxylic acids is 4. The zero-order valence-electron chi connectivity index (χ0n) is 25.0. The van der Waals surface area contributed by atoms with E-state index in [1.165, 1.54) is 11.3 Å². The van der Waals surface area contributed by atoms with Crippen molar-refractivity contribution >= 4 is 51.4 Å². The first kappa shape index (κ1) is 30.8. The number of nitrogens with one attached hydrogen (secondary N) is 2. The first-order valence-electron chi connectivity index (χ1n) is 14.9. The fraction of sp³-hybridized carbons (Fsp3) is 0.235. The second-order valence-corrected chi connectivity index (χ2v) is 12.2. The van der Waals surface area contributed by atoms with Crippen LogP contribution in [0.1, 0.15) is 16.7 Å². The Bertz CT molecular complexity index is 1760. The molecule has 1 aromatic heterocycles. The molecule has 46 heavy (non-hydrogen) atoms. The molecule has 2 saturated heterocycles. The average molecular weight is 639 g/mol. The smallest absolute Gasteiger partial charge is 0.334 e. The molecule has 11 nitrogen and oxygen atoms in total. The summed E-state index contributed by atoms with van der Waals surface area (Å²) < 4.78 is 1.00. The number of benzene rings is 3. The third-order valence-electron chi connectivity index (χ3n) is 8.27. The van der Waals surface area contributed by atoms with Crippen molar-refractivity contribution in [1.82, 2.24) is 25.1 Å². The van der Waals surface area contributed by atoms with Gasteiger partial charge in [0.15, 0.2) is 0 Å². The molecule has 12 heteroatoms. The Morgan fingerprint density at radius 2 is 1.83 bits per heavy atom. The fourth-order valence-electron chi connectivity index (χ4n) is 6.12. The van der Waals surface area contributed by atoms with Gasteiger partial charge < -0.3 is 25.5 Å². The van der Waals surface area contributed by atoms with E-state index in [0.717, 1.165) is 26.8 Å². The van der Waals surface area contributed by atoms with E-state index in [9.17, 15) is 24.3 Å². The quantitative estimate of drug-likeness (QED) is 0.179. The largest absolute Gasteiger partial charge is 0.508 e. The molecule has 2 aliphatic rings. The Kier molecular flexibility index (Phi) is 8.99. The van der Waals surface area contributed by atoms with Crippen LogP contribution in [0.3, 0.4) is 0 Å². The van der Waals surface area contributed by atoms with Crippen LogP contribution in [0.5, 0.6) is 5.75 Å². The molecule has 0 radical (unpaired) electrons. The van der Waals surface area contributed by atoms with E-state index in [0.29, 0.717) is 12.1 Å². The standard InChI is InChI=1S/C34H34N6O5S/c1-2-14-38-20-32(43)39-29(15-23-8-11-27(42)12-9-23)33(44)37(18-25-21-46-30-13-10-26(36-22-41)16-28(25)30)19-31(39)40(38)34(45)35-17-24-6-4-3-5-7-24/h2-13,16,21-22,29,31,42H,1,14-15,17-20H2,(H,35,45)(H,36,41)/t29-,31-/m0/s1. The number of urea groups is 1. The fourth-order valence-corrected chi connectivity index (χ4v) is 7.06. The minimum absolute atomic E-state index is 0.0899. The van der Waals surface area contributed by atoms with Gasteiger partial charge in [0.2, 0.25) is 18.2 Å². The summed E-state index contributed by atoms with van der Waals surface area (Å²) in [4.78, 5) is 56.4. The molecule has 2 fully saturated rings. The molecule has 2 atom stereocenters. The third kappa shape index (κ3) is 6.30. The van der Waals surface area contributed by atoms with E-state index in [1.54, 1.807) is 50.2 Å². The molecule has 3 aromatic carbocycles. The summed E-state index contributed by atoms with van der Waals surface area (Å²) in [6.45, 7) is 4.62. The predicted molar refractivity (Wildman–Crippen MR) is 175 cm³/mol. The number of anilines is 1. The van der Waals surface area contributed by atoms with Crippen LogP contribution in [-0.2, 0) is 33.9 Å². The van der Waals surface area contributed by atoms with Gasteiger partial charge in [-0.1, -0.05) is 48.5 Å². The zero-order chi connectivity index (χ0) is 32.2. The molecule has 0 bridgehead atoms. The molecule has 0 spiro atoms. The minimum Gasteiger partial charge on any atom is -0.508 e. The van der Waals surface area contributed by atoms with E-state index in [2.05, 4.69) is 17.2 Å². The van der Waals surface area contributed by atoms with Crippen LogP contribution < -0.4 is 10.6 Å². The van der Waals surface area contributed by atoms with Crippen molar-refractivity contribution in [1.29, 1.82) is 0 Å². The van der Waals surface area contributed by atoms with E-state index in [4.69, 9.17) is 0 Å². The average Bonchev–Trinajstić information content (AvgIpc) is 3.45. The first-order valence-corrected chi connectivity index (χ1v) is 15.8. The lowest BCUT2D eigenvalue weighted by Gasteiger charge is -2.55. The summed E-state index contributed by atoms with van der Waals surface area (Å²) in [5.41, 5.74) is 3.23. The van der Waals surface area contributed by atoms with E-state index < -0.39 is 18.2 Å². The highest BCUT2D eigenvalue weighted by Gasteiger charge is 2.51. The molecule has 0 aliphatic carbocycles. The van der Waals surface area contributed by atoms with Gasteiger partial charge in [-0.2, -0.15) is 0 Å². The Hall–Kier alpha value is -5.20. The topological polar surface area (TPSA) is 126 Å². The summed E-state index contributed by atoms with van der Waals surface area (Å²) in [6, 6.07) is 20.5. The summed E-state index contributed by atoms with van der Waals surface area (Å²) in [5.74, 6) is -0.399. The van der Waals surface area contributed by atoms with Gasteiger partial charge in [-0.15, -0.1) is 17.9 Å². The van der Waals surface area contributed by atoms with Crippen LogP contribution in [0, 0.1) is 0 Å². The molecule has 0 unspecified atom stereocenters. The van der Waals surface area contributed by atoms with Gasteiger partial charge in [-0.05, 0) is 57.8 Å². The number of phenols is 1. The third-order valence-corrected chi connectivity index (χ3v) is 9.28. The molecule has 3 N–H and O–H groups in total. The maximum atomic E-state index is 14.3. The lowest BCUT2D eigenvalue weighted by Crippen LogP contribution is -2.76. The van der Waals surface area contributed by atoms with Crippen LogP contribution in [0.25, 0.3) is 10.1 Å². The summed E-state index contributed by atoms with van der Waals surface area (Å²) in [7, 11) is 0. The van der Waals surface area contributed by atoms with Gasteiger partial charge in [0.25, 0.3) is 0 Å². The number of hydrazine groups is 1. The van der Waals surface area contributed by atoms with Crippen molar-refractivity contribution < 1.29 is 24.3 Å². The highest BCUT2D eigenvalue weighted by atomic mass is 32.1. The van der Waals surface area contributed by atoms with Gasteiger partial charge >= 0.3 is 6.03 Å². The lowest BCUT2D eigenvalue weighted by atomic mass is 9.98. The zero-order valence-corrected chi connectivity index (χ0v) is 25.9. The van der Waals surface area contributed by atoms with E-state index in [1.807, 2.05) is 53.9 Å². The van der Waals surface area contributed by atoms with Crippen molar-refractivity contribution in [2.24, 2.45) is 0 Å². The number of hydrogen-bond acceptors (Lipinski definition) is 7. The molecule has 6 rings (SSSR count). The molecule has 3 heterocycles. The second kappa shape index (κ2) is 13.4. The number of phenolic OH excluding ortho intramolecular Hbond substituents is 1. The van der Waals surface area contributed by atoms with Crippen LogP contribution in [0.15, 0.2) is 90.8 Å². The molecule has 0 saturated carbocycles. The van der Waals surface area contributed by atoms with Crippen molar-refractivity contribution in [3.63, 3.8) is 0 Å². The van der Waals surface area contributed by atoms with Crippen LogP contribution in [-0.4, -0.2) is 81.0 Å². The molecular weight excluding hydrogens is 604 g/mol. The van der Waals surface area contributed by atoms with E-state index >= 15 is 0 Å². The number of carbonyl (C=O) groups is 4. The number of hydrogen-bond donors (Lipinski definition) is 3. The Morgan fingerprint density at radius 1 is 1.04 bits per heavy atom. The van der Waals surface area contributed by atoms with Crippen molar-refractivity contribution in [2.45, 2.75) is 31.7 Å². The summed E-state index contributed by atoms with van der Waals surface area (Å²) >= 11 is 1.54. The van der Waals surface area contributed by atoms with Gasteiger partial charge in [-0.3, -0.25) is 14.4 Å². The normalized spacial score (nSPS) is 18.4. The van der Waals surface area contributed by atoms with Gasteiger partial charge in [-0.25, -0.2) is 14.8 Å². The number of aromatic hydroxyl groups is 1. The van der Waals surface area contributed by atoms with Crippen molar-refractivity contribution in [3.05, 3.63) is 108 Å². The van der Waals surface area contributed by atoms with Gasteiger partial charge in [0.05, 0.1) is 13.1 Å². The molecule has 5 amide bonds. The van der Waals surface area contributed by atoms with Gasteiger partial charge in [0.1, 0.15) is 18.0 Å². The van der Waals surface area contributed by atoms with Crippen molar-refractivity contribution in [2.75, 3.05) is 25.0 Å². The number of thiophene rings is 1. The van der Waals surface area contributed by atoms with Crippen LogP contribution >= 0.6 is 11.3 Å². The minimum atomic E-state index is -0.886. The summed E-state index contributed by atoms with van der Waals surface area (Å²) in [6.07, 6.45) is 1.68. The van der Waals surface area contributed by atoms with Crippen molar-refractivity contribution in [3.8, 4) is 5.75 Å². The summed E-state index contributed by atoms with van der Waals surface area (Å²) in [5, 5.41) is 21.6. The highest BCUT2D eigenvalue weighted by molar-refractivity contribution is 7.17. The number of piperazine rings is 1. The Balaban J connectivity index is 1.36. The number of nitrogens with zero attached hydrogens (tertiary/aromatic N) is 4. The molecule has 2 aliphatic heterocycles. The first-order chi connectivity index (χ1) is 22.4. The second-order valence-electron chi connectivity index (χ2n) is 11.2. The maximum Gasteiger partial charge on any atom is 0.334 e. The lowest BCUT2D eigenvalue weighted by molar-refractivity contribution is -0.189. The van der Waals surface area contributed by atoms with E-state index in [-0.39, 0.29) is 56.7 Å².